The second-order valence-corrected chi connectivity index (χ2v) is 7.11. The molecular formula is C10H20N2O4Si. The van der Waals surface area contributed by atoms with Crippen LogP contribution in [0.15, 0.2) is 10.2 Å². The summed E-state index contributed by atoms with van der Waals surface area (Å²) in [5, 5.41) is 6.29. The van der Waals surface area contributed by atoms with Crippen molar-refractivity contribution in [1.29, 1.82) is 0 Å². The highest BCUT2D eigenvalue weighted by atomic mass is 28.3. The second-order valence-electron chi connectivity index (χ2n) is 3.99. The lowest BCUT2D eigenvalue weighted by Crippen LogP contribution is -2.18. The molecule has 0 saturated heterocycles. The lowest BCUT2D eigenvalue weighted by Gasteiger charge is -2.08. The topological polar surface area (TPSA) is 77.3 Å². The molecule has 0 bridgehead atoms. The van der Waals surface area contributed by atoms with E-state index in [2.05, 4.69) is 10.2 Å². The van der Waals surface area contributed by atoms with E-state index in [0.717, 1.165) is 12.1 Å². The Morgan fingerprint density at radius 1 is 1.12 bits per heavy atom. The van der Waals surface area contributed by atoms with E-state index in [0.29, 0.717) is 0 Å². The van der Waals surface area contributed by atoms with E-state index in [-0.39, 0.29) is 12.5 Å². The molecule has 0 saturated carbocycles. The van der Waals surface area contributed by atoms with Gasteiger partial charge in [-0.05, 0) is 18.0 Å². The van der Waals surface area contributed by atoms with Crippen molar-refractivity contribution in [3.8, 4) is 0 Å². The molecule has 0 aliphatic rings. The zero-order chi connectivity index (χ0) is 13.3. The quantitative estimate of drug-likeness (QED) is 0.562. The van der Waals surface area contributed by atoms with Crippen LogP contribution in [0.3, 0.4) is 0 Å². The molecule has 0 fully saturated rings. The van der Waals surface area contributed by atoms with Crippen LogP contribution in [0.4, 0.5) is 9.59 Å². The Morgan fingerprint density at radius 2 is 1.65 bits per heavy atom. The molecule has 2 amide bonds. The predicted octanol–water partition coefficient (Wildman–Crippen LogP) is 3.13. The van der Waals surface area contributed by atoms with Crippen molar-refractivity contribution in [1.82, 2.24) is 0 Å². The third-order valence-corrected chi connectivity index (χ3v) is 4.29. The van der Waals surface area contributed by atoms with E-state index in [9.17, 15) is 9.59 Å². The van der Waals surface area contributed by atoms with Crippen molar-refractivity contribution in [2.75, 3.05) is 6.61 Å². The van der Waals surface area contributed by atoms with Gasteiger partial charge in [-0.3, -0.25) is 0 Å². The number of hydrogen-bond acceptors (Lipinski definition) is 4. The van der Waals surface area contributed by atoms with Crippen LogP contribution in [0, 0.1) is 5.92 Å². The standard InChI is InChI=1S/C10H20N2O4Si/c1-5-17(6-2)16-10(14)12-11-9(13)15-7-8(3)4/h8,17H,5-7H2,1-4H3. The molecular weight excluding hydrogens is 240 g/mol. The molecule has 0 atom stereocenters. The fourth-order valence-electron chi connectivity index (χ4n) is 0.970. The van der Waals surface area contributed by atoms with E-state index in [1.54, 1.807) is 0 Å². The number of azo groups is 1. The minimum Gasteiger partial charge on any atom is -0.504 e. The summed E-state index contributed by atoms with van der Waals surface area (Å²) in [4.78, 5) is 22.2. The van der Waals surface area contributed by atoms with E-state index >= 15 is 0 Å². The summed E-state index contributed by atoms with van der Waals surface area (Å²) in [5.41, 5.74) is 0. The van der Waals surface area contributed by atoms with Crippen molar-refractivity contribution < 1.29 is 18.8 Å². The van der Waals surface area contributed by atoms with Crippen LogP contribution < -0.4 is 0 Å². The van der Waals surface area contributed by atoms with Gasteiger partial charge in [-0.15, -0.1) is 0 Å². The van der Waals surface area contributed by atoms with E-state index in [4.69, 9.17) is 9.16 Å². The highest BCUT2D eigenvalue weighted by molar-refractivity contribution is 6.53. The van der Waals surface area contributed by atoms with Crippen LogP contribution in [-0.2, 0) is 9.16 Å². The summed E-state index contributed by atoms with van der Waals surface area (Å²) in [6.45, 7) is 7.98. The zero-order valence-electron chi connectivity index (χ0n) is 10.8. The predicted molar refractivity (Wildman–Crippen MR) is 65.6 cm³/mol. The van der Waals surface area contributed by atoms with Gasteiger partial charge in [0.05, 0.1) is 6.61 Å². The van der Waals surface area contributed by atoms with Gasteiger partial charge < -0.3 is 9.16 Å². The Labute approximate surface area is 103 Å². The van der Waals surface area contributed by atoms with Crippen LogP contribution in [0.2, 0.25) is 12.1 Å². The smallest absolute Gasteiger partial charge is 0.452 e. The van der Waals surface area contributed by atoms with Crippen molar-refractivity contribution in [2.24, 2.45) is 16.1 Å². The second kappa shape index (κ2) is 8.86. The highest BCUT2D eigenvalue weighted by Gasteiger charge is 2.12. The molecule has 0 aliphatic heterocycles. The maximum Gasteiger partial charge on any atom is 0.452 e. The fraction of sp³-hybridized carbons (Fsp3) is 0.800. The van der Waals surface area contributed by atoms with E-state index < -0.39 is 21.2 Å². The molecule has 17 heavy (non-hydrogen) atoms. The minimum atomic E-state index is -1.50. The van der Waals surface area contributed by atoms with Crippen molar-refractivity contribution in [3.05, 3.63) is 0 Å². The van der Waals surface area contributed by atoms with Gasteiger partial charge in [-0.2, -0.15) is 0 Å². The van der Waals surface area contributed by atoms with Crippen LogP contribution in [0.1, 0.15) is 27.7 Å². The molecule has 7 heteroatoms. The first-order chi connectivity index (χ1) is 7.99. The number of carbonyl (C=O) groups excluding carboxylic acids is 2. The third kappa shape index (κ3) is 8.55. The zero-order valence-corrected chi connectivity index (χ0v) is 12.0. The molecule has 6 nitrogen and oxygen atoms in total. The number of nitrogens with zero attached hydrogens (tertiary/aromatic N) is 2. The summed E-state index contributed by atoms with van der Waals surface area (Å²) >= 11 is 0. The highest BCUT2D eigenvalue weighted by Crippen LogP contribution is 2.02. The Balaban J connectivity index is 3.97. The molecule has 0 rings (SSSR count). The van der Waals surface area contributed by atoms with Crippen molar-refractivity contribution in [3.63, 3.8) is 0 Å². The van der Waals surface area contributed by atoms with Gasteiger partial charge >= 0.3 is 12.2 Å². The molecule has 0 aromatic rings. The largest absolute Gasteiger partial charge is 0.504 e. The first-order valence-electron chi connectivity index (χ1n) is 5.78. The summed E-state index contributed by atoms with van der Waals surface area (Å²) in [6.07, 6.45) is -1.66. The average Bonchev–Trinajstić information content (AvgIpc) is 2.30. The summed E-state index contributed by atoms with van der Waals surface area (Å²) in [6, 6.07) is 1.69. The number of ether oxygens (including phenoxy) is 1. The first-order valence-corrected chi connectivity index (χ1v) is 7.89. The number of carbonyl (C=O) groups is 2. The maximum absolute atomic E-state index is 11.2. The Morgan fingerprint density at radius 3 is 2.12 bits per heavy atom. The number of hydrogen-bond donors (Lipinski definition) is 0. The minimum absolute atomic E-state index is 0.220. The van der Waals surface area contributed by atoms with Crippen molar-refractivity contribution in [2.45, 2.75) is 39.8 Å². The van der Waals surface area contributed by atoms with Gasteiger partial charge in [0.25, 0.3) is 0 Å². The van der Waals surface area contributed by atoms with Crippen molar-refractivity contribution >= 4 is 21.2 Å². The summed E-state index contributed by atoms with van der Waals surface area (Å²) < 4.78 is 9.77. The third-order valence-electron chi connectivity index (χ3n) is 1.93. The Kier molecular flexibility index (Phi) is 8.21. The van der Waals surface area contributed by atoms with Gasteiger partial charge in [0.1, 0.15) is 0 Å². The van der Waals surface area contributed by atoms with Crippen LogP contribution >= 0.6 is 0 Å². The van der Waals surface area contributed by atoms with Crippen LogP contribution in [0.25, 0.3) is 0 Å². The molecule has 98 valence electrons. The lowest BCUT2D eigenvalue weighted by molar-refractivity contribution is 0.141. The van der Waals surface area contributed by atoms with Crippen LogP contribution in [0.5, 0.6) is 0 Å². The van der Waals surface area contributed by atoms with E-state index in [1.807, 2.05) is 27.7 Å². The van der Waals surface area contributed by atoms with E-state index in [1.165, 1.54) is 0 Å². The SMILES string of the molecule is CC[SiH](CC)OC(=O)N=NC(=O)OCC(C)C. The molecule has 0 aromatic carbocycles. The average molecular weight is 260 g/mol. The molecule has 0 unspecified atom stereocenters. The summed E-state index contributed by atoms with van der Waals surface area (Å²) in [7, 11) is -1.50. The molecule has 0 N–H and O–H groups in total. The molecule has 0 radical (unpaired) electrons. The normalized spacial score (nSPS) is 11.2. The van der Waals surface area contributed by atoms with Gasteiger partial charge in [0.15, 0.2) is 0 Å². The Bertz CT molecular complexity index is 277. The number of amides is 2. The van der Waals surface area contributed by atoms with Gasteiger partial charge in [-0.25, -0.2) is 9.59 Å². The van der Waals surface area contributed by atoms with Gasteiger partial charge in [-0.1, -0.05) is 37.9 Å². The van der Waals surface area contributed by atoms with Crippen LogP contribution in [-0.4, -0.2) is 27.8 Å². The fourth-order valence-corrected chi connectivity index (χ4v) is 2.21. The number of rotatable bonds is 5. The summed E-state index contributed by atoms with van der Waals surface area (Å²) in [5.74, 6) is 0.220. The Hall–Kier alpha value is -1.24. The monoisotopic (exact) mass is 260 g/mol. The first kappa shape index (κ1) is 15.8. The molecule has 0 spiro atoms. The molecule has 0 aliphatic carbocycles. The van der Waals surface area contributed by atoms with Gasteiger partial charge in [0, 0.05) is 0 Å². The maximum atomic E-state index is 11.2. The lowest BCUT2D eigenvalue weighted by atomic mass is 10.2. The van der Waals surface area contributed by atoms with Gasteiger partial charge in [0.2, 0.25) is 9.04 Å². The molecule has 0 heterocycles. The molecule has 0 aromatic heterocycles.